The fourth-order valence-electron chi connectivity index (χ4n) is 2.42. The summed E-state index contributed by atoms with van der Waals surface area (Å²) in [6.45, 7) is 6.54. The zero-order valence-corrected chi connectivity index (χ0v) is 14.8. The molecule has 0 saturated heterocycles. The van der Waals surface area contributed by atoms with Gasteiger partial charge in [-0.25, -0.2) is 0 Å². The number of halogens is 1. The van der Waals surface area contributed by atoms with E-state index in [2.05, 4.69) is 19.2 Å². The van der Waals surface area contributed by atoms with E-state index in [1.165, 1.54) is 7.11 Å². The molecule has 0 aliphatic rings. The summed E-state index contributed by atoms with van der Waals surface area (Å²) < 4.78 is 10.4. The second kappa shape index (κ2) is 8.86. The van der Waals surface area contributed by atoms with Crippen LogP contribution < -0.4 is 20.5 Å². The van der Waals surface area contributed by atoms with Crippen molar-refractivity contribution in [1.82, 2.24) is 5.32 Å². The number of benzene rings is 1. The number of hydrogen-bond acceptors (Lipinski definition) is 4. The van der Waals surface area contributed by atoms with Gasteiger partial charge in [0.15, 0.2) is 0 Å². The summed E-state index contributed by atoms with van der Waals surface area (Å²) in [6.07, 6.45) is 0.807. The van der Waals surface area contributed by atoms with Crippen molar-refractivity contribution in [2.75, 3.05) is 20.8 Å². The molecule has 126 valence electrons. The Hall–Kier alpha value is -1.46. The summed E-state index contributed by atoms with van der Waals surface area (Å²) in [7, 11) is 3.10. The van der Waals surface area contributed by atoms with Gasteiger partial charge in [0, 0.05) is 12.1 Å². The van der Waals surface area contributed by atoms with Gasteiger partial charge in [0.25, 0.3) is 5.91 Å². The lowest BCUT2D eigenvalue weighted by molar-refractivity contribution is 0.0895. The van der Waals surface area contributed by atoms with E-state index in [1.807, 2.05) is 6.92 Å². The van der Waals surface area contributed by atoms with E-state index in [0.29, 0.717) is 29.5 Å². The third-order valence-corrected chi connectivity index (χ3v) is 3.38. The lowest BCUT2D eigenvalue weighted by Crippen LogP contribution is -2.52. The molecule has 22 heavy (non-hydrogen) atoms. The monoisotopic (exact) mass is 330 g/mol. The van der Waals surface area contributed by atoms with E-state index >= 15 is 0 Å². The molecule has 0 spiro atoms. The van der Waals surface area contributed by atoms with Crippen LogP contribution in [-0.2, 0) is 0 Å². The van der Waals surface area contributed by atoms with E-state index in [4.69, 9.17) is 15.2 Å². The van der Waals surface area contributed by atoms with Crippen LogP contribution in [-0.4, -0.2) is 32.2 Å². The highest BCUT2D eigenvalue weighted by molar-refractivity contribution is 5.97. The number of methoxy groups -OCH3 is 2. The summed E-state index contributed by atoms with van der Waals surface area (Å²) in [6, 6.07) is 5.14. The van der Waals surface area contributed by atoms with Crippen LogP contribution in [0, 0.1) is 5.92 Å². The second-order valence-corrected chi connectivity index (χ2v) is 5.88. The van der Waals surface area contributed by atoms with Crippen LogP contribution in [0.15, 0.2) is 18.2 Å². The van der Waals surface area contributed by atoms with Gasteiger partial charge in [-0.2, -0.15) is 0 Å². The predicted octanol–water partition coefficient (Wildman–Crippen LogP) is 2.62. The maximum Gasteiger partial charge on any atom is 0.255 e. The van der Waals surface area contributed by atoms with Crippen molar-refractivity contribution < 1.29 is 14.3 Å². The summed E-state index contributed by atoms with van der Waals surface area (Å²) in [5, 5.41) is 3.02. The zero-order chi connectivity index (χ0) is 16.0. The average Bonchev–Trinajstić information content (AvgIpc) is 2.45. The number of hydrogen-bond donors (Lipinski definition) is 2. The Labute approximate surface area is 139 Å². The number of amides is 1. The normalized spacial score (nSPS) is 13.0. The SMILES string of the molecule is COc1ccc(OC)c(C(=O)NC(C)(CN)CC(C)C)c1.Cl. The number of carbonyl (C=O) groups excluding carboxylic acids is 1. The van der Waals surface area contributed by atoms with Crippen molar-refractivity contribution in [3.8, 4) is 11.5 Å². The molecule has 6 heteroatoms. The van der Waals surface area contributed by atoms with E-state index in [0.717, 1.165) is 6.42 Å². The molecule has 1 amide bonds. The van der Waals surface area contributed by atoms with Gasteiger partial charge < -0.3 is 20.5 Å². The van der Waals surface area contributed by atoms with Gasteiger partial charge >= 0.3 is 0 Å². The van der Waals surface area contributed by atoms with Crippen LogP contribution in [0.1, 0.15) is 37.6 Å². The summed E-state index contributed by atoms with van der Waals surface area (Å²) in [5.74, 6) is 1.35. The molecule has 1 aromatic rings. The summed E-state index contributed by atoms with van der Waals surface area (Å²) >= 11 is 0. The highest BCUT2D eigenvalue weighted by Gasteiger charge is 2.27. The Morgan fingerprint density at radius 3 is 2.41 bits per heavy atom. The maximum absolute atomic E-state index is 12.5. The van der Waals surface area contributed by atoms with Crippen LogP contribution in [0.3, 0.4) is 0 Å². The molecule has 1 unspecified atom stereocenters. The van der Waals surface area contributed by atoms with Crippen molar-refractivity contribution in [3.05, 3.63) is 23.8 Å². The van der Waals surface area contributed by atoms with E-state index in [1.54, 1.807) is 25.3 Å². The molecular formula is C16H27ClN2O3. The summed E-state index contributed by atoms with van der Waals surface area (Å²) in [4.78, 5) is 12.5. The maximum atomic E-state index is 12.5. The predicted molar refractivity (Wildman–Crippen MR) is 91.2 cm³/mol. The molecule has 5 nitrogen and oxygen atoms in total. The summed E-state index contributed by atoms with van der Waals surface area (Å²) in [5.41, 5.74) is 5.84. The minimum atomic E-state index is -0.445. The standard InChI is InChI=1S/C16H26N2O3.ClH/c1-11(2)9-16(3,10-17)18-15(19)13-8-12(20-4)6-7-14(13)21-5;/h6-8,11H,9-10,17H2,1-5H3,(H,18,19);1H. The first-order valence-corrected chi connectivity index (χ1v) is 7.10. The molecule has 0 aliphatic carbocycles. The van der Waals surface area contributed by atoms with E-state index in [-0.39, 0.29) is 18.3 Å². The van der Waals surface area contributed by atoms with Gasteiger partial charge in [0.2, 0.25) is 0 Å². The van der Waals surface area contributed by atoms with Crippen LogP contribution in [0.5, 0.6) is 11.5 Å². The Bertz CT molecular complexity index is 494. The van der Waals surface area contributed by atoms with Crippen LogP contribution in [0.2, 0.25) is 0 Å². The topological polar surface area (TPSA) is 73.6 Å². The largest absolute Gasteiger partial charge is 0.497 e. The third-order valence-electron chi connectivity index (χ3n) is 3.38. The van der Waals surface area contributed by atoms with Gasteiger partial charge in [0.1, 0.15) is 11.5 Å². The Morgan fingerprint density at radius 2 is 1.95 bits per heavy atom. The quantitative estimate of drug-likeness (QED) is 0.806. The number of nitrogens with two attached hydrogens (primary N) is 1. The lowest BCUT2D eigenvalue weighted by atomic mass is 9.90. The second-order valence-electron chi connectivity index (χ2n) is 5.88. The van der Waals surface area contributed by atoms with Crippen LogP contribution in [0.4, 0.5) is 0 Å². The molecule has 1 aromatic carbocycles. The highest BCUT2D eigenvalue weighted by Crippen LogP contribution is 2.25. The zero-order valence-electron chi connectivity index (χ0n) is 13.9. The molecule has 1 atom stereocenters. The first kappa shape index (κ1) is 20.5. The molecule has 3 N–H and O–H groups in total. The molecule has 0 bridgehead atoms. The molecule has 0 heterocycles. The van der Waals surface area contributed by atoms with Crippen molar-refractivity contribution in [2.24, 2.45) is 11.7 Å². The fourth-order valence-corrected chi connectivity index (χ4v) is 2.42. The molecule has 0 aliphatic heterocycles. The van der Waals surface area contributed by atoms with Crippen LogP contribution in [0.25, 0.3) is 0 Å². The van der Waals surface area contributed by atoms with Crippen molar-refractivity contribution >= 4 is 18.3 Å². The number of ether oxygens (including phenoxy) is 2. The highest BCUT2D eigenvalue weighted by atomic mass is 35.5. The first-order chi connectivity index (χ1) is 9.85. The Morgan fingerprint density at radius 1 is 1.32 bits per heavy atom. The minimum absolute atomic E-state index is 0. The van der Waals surface area contributed by atoms with Crippen LogP contribution >= 0.6 is 12.4 Å². The van der Waals surface area contributed by atoms with Gasteiger partial charge in [-0.3, -0.25) is 4.79 Å². The van der Waals surface area contributed by atoms with Gasteiger partial charge in [-0.1, -0.05) is 13.8 Å². The molecule has 0 radical (unpaired) electrons. The Kier molecular flexibility index (Phi) is 8.27. The fraction of sp³-hybridized carbons (Fsp3) is 0.562. The third kappa shape index (κ3) is 5.39. The molecule has 0 aromatic heterocycles. The van der Waals surface area contributed by atoms with Crippen molar-refractivity contribution in [3.63, 3.8) is 0 Å². The van der Waals surface area contributed by atoms with E-state index < -0.39 is 5.54 Å². The average molecular weight is 331 g/mol. The van der Waals surface area contributed by atoms with Gasteiger partial charge in [-0.05, 0) is 37.5 Å². The smallest absolute Gasteiger partial charge is 0.255 e. The Balaban J connectivity index is 0.00000441. The molecular weight excluding hydrogens is 304 g/mol. The molecule has 0 saturated carbocycles. The van der Waals surface area contributed by atoms with Crippen molar-refractivity contribution in [1.29, 1.82) is 0 Å². The molecule has 0 fully saturated rings. The van der Waals surface area contributed by atoms with Crippen molar-refractivity contribution in [2.45, 2.75) is 32.7 Å². The number of nitrogens with one attached hydrogen (secondary N) is 1. The number of carbonyl (C=O) groups is 1. The van der Waals surface area contributed by atoms with Gasteiger partial charge in [0.05, 0.1) is 19.8 Å². The van der Waals surface area contributed by atoms with E-state index in [9.17, 15) is 4.79 Å². The molecule has 1 rings (SSSR count). The lowest BCUT2D eigenvalue weighted by Gasteiger charge is -2.31. The first-order valence-electron chi connectivity index (χ1n) is 7.10. The van der Waals surface area contributed by atoms with Gasteiger partial charge in [-0.15, -0.1) is 12.4 Å². The minimum Gasteiger partial charge on any atom is -0.497 e. The number of rotatable bonds is 7.